The summed E-state index contributed by atoms with van der Waals surface area (Å²) in [7, 11) is 1.65. The first-order chi connectivity index (χ1) is 12.6. The van der Waals surface area contributed by atoms with Crippen LogP contribution in [0.15, 0.2) is 42.5 Å². The lowest BCUT2D eigenvalue weighted by Crippen LogP contribution is -2.27. The maximum absolute atomic E-state index is 12.5. The zero-order chi connectivity index (χ0) is 18.5. The number of rotatable bonds is 6. The van der Waals surface area contributed by atoms with E-state index in [9.17, 15) is 4.79 Å². The van der Waals surface area contributed by atoms with Crippen LogP contribution in [0, 0.1) is 6.92 Å². The molecule has 0 bridgehead atoms. The molecule has 1 saturated carbocycles. The minimum absolute atomic E-state index is 0.0687. The van der Waals surface area contributed by atoms with Gasteiger partial charge < -0.3 is 14.8 Å². The van der Waals surface area contributed by atoms with Gasteiger partial charge in [-0.25, -0.2) is 0 Å². The lowest BCUT2D eigenvalue weighted by molar-refractivity contribution is 0.0939. The lowest BCUT2D eigenvalue weighted by atomic mass is 10.1. The molecule has 1 N–H and O–H groups in total. The summed E-state index contributed by atoms with van der Waals surface area (Å²) in [5, 5.41) is 3.06. The van der Waals surface area contributed by atoms with Crippen molar-refractivity contribution < 1.29 is 14.3 Å². The average molecular weight is 353 g/mol. The van der Waals surface area contributed by atoms with E-state index in [-0.39, 0.29) is 18.1 Å². The molecule has 0 radical (unpaired) electrons. The van der Waals surface area contributed by atoms with Gasteiger partial charge >= 0.3 is 0 Å². The van der Waals surface area contributed by atoms with Gasteiger partial charge in [-0.3, -0.25) is 4.79 Å². The summed E-state index contributed by atoms with van der Waals surface area (Å²) in [5.74, 6) is 1.42. The third-order valence-electron chi connectivity index (χ3n) is 5.02. The lowest BCUT2D eigenvalue weighted by Gasteiger charge is -2.19. The van der Waals surface area contributed by atoms with E-state index < -0.39 is 0 Å². The van der Waals surface area contributed by atoms with Gasteiger partial charge in [0.1, 0.15) is 0 Å². The van der Waals surface area contributed by atoms with Crippen molar-refractivity contribution in [3.05, 3.63) is 59.2 Å². The van der Waals surface area contributed by atoms with Crippen molar-refractivity contribution in [2.24, 2.45) is 0 Å². The highest BCUT2D eigenvalue weighted by molar-refractivity contribution is 5.95. The molecule has 1 atom stereocenters. The first-order valence-corrected chi connectivity index (χ1v) is 9.29. The molecule has 2 aromatic rings. The molecule has 1 fully saturated rings. The van der Waals surface area contributed by atoms with Gasteiger partial charge in [0, 0.05) is 5.56 Å². The van der Waals surface area contributed by atoms with Gasteiger partial charge in [0.25, 0.3) is 5.91 Å². The van der Waals surface area contributed by atoms with Crippen LogP contribution in [0.3, 0.4) is 0 Å². The number of carbonyl (C=O) groups is 1. The van der Waals surface area contributed by atoms with Crippen LogP contribution >= 0.6 is 0 Å². The van der Waals surface area contributed by atoms with E-state index in [0.29, 0.717) is 11.3 Å². The van der Waals surface area contributed by atoms with Gasteiger partial charge in [-0.15, -0.1) is 0 Å². The molecule has 26 heavy (non-hydrogen) atoms. The van der Waals surface area contributed by atoms with E-state index in [1.54, 1.807) is 7.11 Å². The molecule has 1 aliphatic carbocycles. The summed E-state index contributed by atoms with van der Waals surface area (Å²) < 4.78 is 11.6. The van der Waals surface area contributed by atoms with Crippen molar-refractivity contribution in [3.63, 3.8) is 0 Å². The Balaban J connectivity index is 1.71. The van der Waals surface area contributed by atoms with E-state index in [1.807, 2.05) is 56.3 Å². The van der Waals surface area contributed by atoms with Crippen molar-refractivity contribution in [2.75, 3.05) is 7.11 Å². The largest absolute Gasteiger partial charge is 0.493 e. The summed E-state index contributed by atoms with van der Waals surface area (Å²) in [6, 6.07) is 13.4. The Morgan fingerprint density at radius 1 is 1.12 bits per heavy atom. The van der Waals surface area contributed by atoms with Crippen LogP contribution in [0.2, 0.25) is 0 Å². The molecular weight excluding hydrogens is 326 g/mol. The molecule has 1 aliphatic rings. The highest BCUT2D eigenvalue weighted by atomic mass is 16.5. The van der Waals surface area contributed by atoms with E-state index in [0.717, 1.165) is 29.7 Å². The topological polar surface area (TPSA) is 47.6 Å². The molecule has 0 spiro atoms. The molecule has 0 heterocycles. The highest BCUT2D eigenvalue weighted by Gasteiger charge is 2.20. The second-order valence-corrected chi connectivity index (χ2v) is 6.94. The summed E-state index contributed by atoms with van der Waals surface area (Å²) in [6.07, 6.45) is 4.95. The second kappa shape index (κ2) is 8.26. The number of hydrogen-bond donors (Lipinski definition) is 1. The van der Waals surface area contributed by atoms with E-state index in [2.05, 4.69) is 5.32 Å². The number of amides is 1. The van der Waals surface area contributed by atoms with E-state index in [4.69, 9.17) is 9.47 Å². The van der Waals surface area contributed by atoms with Crippen molar-refractivity contribution in [2.45, 2.75) is 51.7 Å². The number of ether oxygens (including phenoxy) is 2. The van der Waals surface area contributed by atoms with E-state index in [1.165, 1.54) is 12.8 Å². The van der Waals surface area contributed by atoms with Crippen molar-refractivity contribution >= 4 is 5.91 Å². The van der Waals surface area contributed by atoms with Gasteiger partial charge in [-0.1, -0.05) is 24.3 Å². The van der Waals surface area contributed by atoms with Gasteiger partial charge in [0.15, 0.2) is 11.5 Å². The van der Waals surface area contributed by atoms with Gasteiger partial charge in [0.2, 0.25) is 0 Å². The monoisotopic (exact) mass is 353 g/mol. The summed E-state index contributed by atoms with van der Waals surface area (Å²) in [5.41, 5.74) is 2.66. The maximum Gasteiger partial charge on any atom is 0.252 e. The summed E-state index contributed by atoms with van der Waals surface area (Å²) >= 11 is 0. The molecule has 3 rings (SSSR count). The number of carbonyl (C=O) groups excluding carboxylic acids is 1. The van der Waals surface area contributed by atoms with Crippen LogP contribution < -0.4 is 14.8 Å². The number of benzene rings is 2. The molecule has 4 heteroatoms. The van der Waals surface area contributed by atoms with Crippen LogP contribution in [0.4, 0.5) is 0 Å². The zero-order valence-electron chi connectivity index (χ0n) is 15.7. The zero-order valence-corrected chi connectivity index (χ0v) is 15.7. The third kappa shape index (κ3) is 4.18. The van der Waals surface area contributed by atoms with Crippen LogP contribution in [0.25, 0.3) is 0 Å². The Hall–Kier alpha value is -2.49. The predicted molar refractivity (Wildman–Crippen MR) is 103 cm³/mol. The molecule has 0 aromatic heterocycles. The molecule has 138 valence electrons. The third-order valence-corrected chi connectivity index (χ3v) is 5.02. The fourth-order valence-corrected chi connectivity index (χ4v) is 3.42. The number of methoxy groups -OCH3 is 1. The van der Waals surface area contributed by atoms with Crippen LogP contribution in [0.1, 0.15) is 60.1 Å². The number of nitrogens with one attached hydrogen (secondary N) is 1. The van der Waals surface area contributed by atoms with Crippen molar-refractivity contribution in [1.82, 2.24) is 5.32 Å². The molecule has 1 unspecified atom stereocenters. The Morgan fingerprint density at radius 2 is 1.85 bits per heavy atom. The Kier molecular flexibility index (Phi) is 5.82. The maximum atomic E-state index is 12.5. The summed E-state index contributed by atoms with van der Waals surface area (Å²) in [6.45, 7) is 3.92. The molecule has 1 amide bonds. The van der Waals surface area contributed by atoms with Crippen molar-refractivity contribution in [1.29, 1.82) is 0 Å². The minimum atomic E-state index is -0.128. The molecule has 4 nitrogen and oxygen atoms in total. The smallest absolute Gasteiger partial charge is 0.252 e. The predicted octanol–water partition coefficient (Wildman–Crippen LogP) is 4.82. The highest BCUT2D eigenvalue weighted by Crippen LogP contribution is 2.33. The molecule has 0 aliphatic heterocycles. The Bertz CT molecular complexity index is 766. The van der Waals surface area contributed by atoms with E-state index >= 15 is 0 Å². The second-order valence-electron chi connectivity index (χ2n) is 6.94. The molecule has 0 saturated heterocycles. The summed E-state index contributed by atoms with van der Waals surface area (Å²) in [4.78, 5) is 12.5. The minimum Gasteiger partial charge on any atom is -0.493 e. The quantitative estimate of drug-likeness (QED) is 0.810. The normalized spacial score (nSPS) is 15.5. The van der Waals surface area contributed by atoms with Crippen LogP contribution in [-0.2, 0) is 0 Å². The van der Waals surface area contributed by atoms with Crippen LogP contribution in [-0.4, -0.2) is 19.1 Å². The number of hydrogen-bond acceptors (Lipinski definition) is 3. The van der Waals surface area contributed by atoms with Gasteiger partial charge in [0.05, 0.1) is 19.3 Å². The molecular formula is C22H27NO3. The Morgan fingerprint density at radius 3 is 2.54 bits per heavy atom. The van der Waals surface area contributed by atoms with Crippen LogP contribution in [0.5, 0.6) is 11.5 Å². The van der Waals surface area contributed by atoms with Crippen molar-refractivity contribution in [3.8, 4) is 11.5 Å². The van der Waals surface area contributed by atoms with Gasteiger partial charge in [-0.2, -0.15) is 0 Å². The fraction of sp³-hybridized carbons (Fsp3) is 0.409. The fourth-order valence-electron chi connectivity index (χ4n) is 3.42. The first-order valence-electron chi connectivity index (χ1n) is 9.29. The standard InChI is InChI=1S/C22H27NO3/c1-15-8-4-7-11-19(15)22(24)23-16(2)17-12-13-20(21(14-17)25-3)26-18-9-5-6-10-18/h4,7-8,11-14,16,18H,5-6,9-10H2,1-3H3,(H,23,24). The molecule has 2 aromatic carbocycles. The average Bonchev–Trinajstić information content (AvgIpc) is 3.15. The SMILES string of the molecule is COc1cc(C(C)NC(=O)c2ccccc2C)ccc1OC1CCCC1. The first kappa shape index (κ1) is 18.3. The van der Waals surface area contributed by atoms with Gasteiger partial charge in [-0.05, 0) is 68.9 Å². The Labute approximate surface area is 155 Å². The number of aryl methyl sites for hydroxylation is 1.